The van der Waals surface area contributed by atoms with E-state index in [0.29, 0.717) is 5.92 Å². The summed E-state index contributed by atoms with van der Waals surface area (Å²) in [5.74, 6) is 1.37. The van der Waals surface area contributed by atoms with Crippen molar-refractivity contribution >= 4 is 5.69 Å². The minimum Gasteiger partial charge on any atom is -0.497 e. The third-order valence-electron chi connectivity index (χ3n) is 4.19. The van der Waals surface area contributed by atoms with Crippen LogP contribution >= 0.6 is 0 Å². The number of rotatable bonds is 3. The molecule has 0 aromatic heterocycles. The van der Waals surface area contributed by atoms with E-state index in [-0.39, 0.29) is 6.04 Å². The number of anilines is 1. The summed E-state index contributed by atoms with van der Waals surface area (Å²) in [6.45, 7) is 1.95. The number of para-hydroxylation sites is 1. The van der Waals surface area contributed by atoms with E-state index in [4.69, 9.17) is 10.5 Å². The van der Waals surface area contributed by atoms with E-state index >= 15 is 0 Å². The van der Waals surface area contributed by atoms with Crippen molar-refractivity contribution in [1.29, 1.82) is 0 Å². The van der Waals surface area contributed by atoms with Crippen LogP contribution in [-0.2, 0) is 0 Å². The van der Waals surface area contributed by atoms with Crippen LogP contribution in [0.1, 0.15) is 17.9 Å². The molecule has 1 aliphatic heterocycles. The molecule has 3 nitrogen and oxygen atoms in total. The predicted molar refractivity (Wildman–Crippen MR) is 87.0 cm³/mol. The highest BCUT2D eigenvalue weighted by atomic mass is 16.5. The van der Waals surface area contributed by atoms with Crippen molar-refractivity contribution in [3.8, 4) is 5.75 Å². The van der Waals surface area contributed by atoms with Gasteiger partial charge in [0.1, 0.15) is 5.75 Å². The fourth-order valence-corrected chi connectivity index (χ4v) is 3.11. The Morgan fingerprint density at radius 2 is 1.71 bits per heavy atom. The molecule has 2 aromatic rings. The second-order valence-electron chi connectivity index (χ2n) is 5.71. The van der Waals surface area contributed by atoms with Gasteiger partial charge in [-0.3, -0.25) is 0 Å². The second kappa shape index (κ2) is 6.19. The van der Waals surface area contributed by atoms with Gasteiger partial charge < -0.3 is 15.4 Å². The predicted octanol–water partition coefficient (Wildman–Crippen LogP) is 3.02. The Bertz CT molecular complexity index is 568. The number of methoxy groups -OCH3 is 1. The van der Waals surface area contributed by atoms with E-state index in [9.17, 15) is 0 Å². The third kappa shape index (κ3) is 3.19. The third-order valence-corrected chi connectivity index (χ3v) is 4.19. The maximum absolute atomic E-state index is 6.28. The highest BCUT2D eigenvalue weighted by Crippen LogP contribution is 2.30. The first-order valence-electron chi connectivity index (χ1n) is 7.46. The van der Waals surface area contributed by atoms with Gasteiger partial charge in [-0.25, -0.2) is 0 Å². The molecule has 0 bridgehead atoms. The molecule has 0 spiro atoms. The van der Waals surface area contributed by atoms with Gasteiger partial charge in [0, 0.05) is 30.7 Å². The van der Waals surface area contributed by atoms with Gasteiger partial charge in [0.05, 0.1) is 7.11 Å². The summed E-state index contributed by atoms with van der Waals surface area (Å²) in [4.78, 5) is 2.39. The summed E-state index contributed by atoms with van der Waals surface area (Å²) in [5, 5.41) is 0. The highest BCUT2D eigenvalue weighted by Gasteiger charge is 2.26. The van der Waals surface area contributed by atoms with Crippen molar-refractivity contribution in [2.24, 2.45) is 5.73 Å². The number of nitrogens with two attached hydrogens (primary N) is 1. The molecule has 110 valence electrons. The quantitative estimate of drug-likeness (QED) is 0.940. The maximum Gasteiger partial charge on any atom is 0.118 e. The fraction of sp³-hybridized carbons (Fsp3) is 0.333. The van der Waals surface area contributed by atoms with Gasteiger partial charge in [0.2, 0.25) is 0 Å². The van der Waals surface area contributed by atoms with Crippen LogP contribution in [-0.4, -0.2) is 26.2 Å². The lowest BCUT2D eigenvalue weighted by molar-refractivity contribution is 0.413. The Morgan fingerprint density at radius 3 is 2.38 bits per heavy atom. The van der Waals surface area contributed by atoms with Crippen LogP contribution in [0.2, 0.25) is 0 Å². The molecule has 1 heterocycles. The molecule has 0 radical (unpaired) electrons. The van der Waals surface area contributed by atoms with Crippen LogP contribution in [0.25, 0.3) is 0 Å². The van der Waals surface area contributed by atoms with Gasteiger partial charge in [-0.2, -0.15) is 0 Å². The molecule has 1 fully saturated rings. The van der Waals surface area contributed by atoms with Crippen molar-refractivity contribution in [1.82, 2.24) is 0 Å². The molecule has 0 amide bonds. The Hall–Kier alpha value is -2.00. The lowest BCUT2D eigenvalue weighted by Crippen LogP contribution is -2.46. The van der Waals surface area contributed by atoms with E-state index < -0.39 is 0 Å². The van der Waals surface area contributed by atoms with Crippen LogP contribution in [0.4, 0.5) is 5.69 Å². The van der Waals surface area contributed by atoms with Crippen molar-refractivity contribution in [2.45, 2.75) is 18.4 Å². The van der Waals surface area contributed by atoms with Gasteiger partial charge in [-0.1, -0.05) is 30.3 Å². The molecule has 1 aliphatic rings. The molecule has 0 saturated carbocycles. The first kappa shape index (κ1) is 14.0. The molecule has 2 N–H and O–H groups in total. The minimum atomic E-state index is 0.214. The fourth-order valence-electron chi connectivity index (χ4n) is 3.11. The smallest absolute Gasteiger partial charge is 0.118 e. The number of hydrogen-bond donors (Lipinski definition) is 1. The van der Waals surface area contributed by atoms with Gasteiger partial charge in [-0.15, -0.1) is 0 Å². The molecular formula is C18H22N2O. The van der Waals surface area contributed by atoms with Gasteiger partial charge in [0.15, 0.2) is 0 Å². The number of benzene rings is 2. The average Bonchev–Trinajstić information content (AvgIpc) is 2.55. The van der Waals surface area contributed by atoms with E-state index in [0.717, 1.165) is 25.3 Å². The highest BCUT2D eigenvalue weighted by molar-refractivity contribution is 5.47. The van der Waals surface area contributed by atoms with Crippen LogP contribution < -0.4 is 15.4 Å². The molecule has 1 saturated heterocycles. The summed E-state index contributed by atoms with van der Waals surface area (Å²) in [5.41, 5.74) is 8.88. The van der Waals surface area contributed by atoms with Crippen molar-refractivity contribution < 1.29 is 4.74 Å². The zero-order chi connectivity index (χ0) is 14.7. The molecular weight excluding hydrogens is 260 g/mol. The molecule has 21 heavy (non-hydrogen) atoms. The first-order chi connectivity index (χ1) is 10.3. The molecule has 0 aliphatic carbocycles. The zero-order valence-electron chi connectivity index (χ0n) is 12.4. The lowest BCUT2D eigenvalue weighted by atomic mass is 9.88. The van der Waals surface area contributed by atoms with Gasteiger partial charge in [0.25, 0.3) is 0 Å². The maximum atomic E-state index is 6.28. The van der Waals surface area contributed by atoms with Crippen LogP contribution in [0.3, 0.4) is 0 Å². The Morgan fingerprint density at radius 1 is 1.00 bits per heavy atom. The van der Waals surface area contributed by atoms with E-state index in [2.05, 4.69) is 41.3 Å². The number of piperidine rings is 1. The van der Waals surface area contributed by atoms with Crippen molar-refractivity contribution in [3.05, 3.63) is 60.2 Å². The Kier molecular flexibility index (Phi) is 4.11. The van der Waals surface area contributed by atoms with Crippen LogP contribution in [0.5, 0.6) is 5.75 Å². The second-order valence-corrected chi connectivity index (χ2v) is 5.71. The molecule has 3 rings (SSSR count). The molecule has 2 aromatic carbocycles. The minimum absolute atomic E-state index is 0.214. The van der Waals surface area contributed by atoms with E-state index in [1.54, 1.807) is 7.11 Å². The van der Waals surface area contributed by atoms with E-state index in [1.165, 1.54) is 11.3 Å². The molecule has 3 heteroatoms. The monoisotopic (exact) mass is 282 g/mol. The average molecular weight is 282 g/mol. The summed E-state index contributed by atoms with van der Waals surface area (Å²) < 4.78 is 5.23. The topological polar surface area (TPSA) is 38.5 Å². The summed E-state index contributed by atoms with van der Waals surface area (Å²) in [7, 11) is 1.70. The van der Waals surface area contributed by atoms with E-state index in [1.807, 2.05) is 18.2 Å². The Labute approximate surface area is 126 Å². The van der Waals surface area contributed by atoms with Gasteiger partial charge in [-0.05, 0) is 36.2 Å². The molecule has 2 atom stereocenters. The Balaban J connectivity index is 1.79. The molecule has 2 unspecified atom stereocenters. The number of hydrogen-bond acceptors (Lipinski definition) is 3. The number of ether oxygens (including phenoxy) is 1. The summed E-state index contributed by atoms with van der Waals surface area (Å²) in [6.07, 6.45) is 1.04. The standard InChI is InChI=1S/C18H22N2O/c1-21-18-9-7-14(8-10-18)15-11-16(19)13-20(12-15)17-5-3-2-4-6-17/h2-10,15-16H,11-13,19H2,1H3. The lowest BCUT2D eigenvalue weighted by Gasteiger charge is -2.38. The van der Waals surface area contributed by atoms with Crippen molar-refractivity contribution in [2.75, 3.05) is 25.1 Å². The number of nitrogens with zero attached hydrogens (tertiary/aromatic N) is 1. The van der Waals surface area contributed by atoms with Gasteiger partial charge >= 0.3 is 0 Å². The summed E-state index contributed by atoms with van der Waals surface area (Å²) >= 11 is 0. The normalized spacial score (nSPS) is 22.1. The SMILES string of the molecule is COc1ccc(C2CC(N)CN(c3ccccc3)C2)cc1. The summed E-state index contributed by atoms with van der Waals surface area (Å²) in [6, 6.07) is 19.1. The van der Waals surface area contributed by atoms with Crippen LogP contribution in [0.15, 0.2) is 54.6 Å². The van der Waals surface area contributed by atoms with Crippen LogP contribution in [0, 0.1) is 0 Å². The largest absolute Gasteiger partial charge is 0.497 e. The first-order valence-corrected chi connectivity index (χ1v) is 7.46. The van der Waals surface area contributed by atoms with Crippen molar-refractivity contribution in [3.63, 3.8) is 0 Å². The zero-order valence-corrected chi connectivity index (χ0v) is 12.4.